The van der Waals surface area contributed by atoms with Gasteiger partial charge in [-0.25, -0.2) is 0 Å². The van der Waals surface area contributed by atoms with Gasteiger partial charge < -0.3 is 13.9 Å². The maximum Gasteiger partial charge on any atom is 0.291 e. The van der Waals surface area contributed by atoms with Crippen molar-refractivity contribution in [2.75, 3.05) is 13.7 Å². The lowest BCUT2D eigenvalue weighted by Crippen LogP contribution is -2.23. The van der Waals surface area contributed by atoms with E-state index in [1.807, 2.05) is 55.5 Å². The molecule has 5 rings (SSSR count). The predicted octanol–water partition coefficient (Wildman–Crippen LogP) is 5.19. The summed E-state index contributed by atoms with van der Waals surface area (Å²) in [5, 5.41) is 5.00. The van der Waals surface area contributed by atoms with Gasteiger partial charge in [-0.1, -0.05) is 35.1 Å². The molecule has 35 heavy (non-hydrogen) atoms. The molecule has 0 bridgehead atoms. The average molecular weight is 506 g/mol. The second-order valence-corrected chi connectivity index (χ2v) is 8.91. The topological polar surface area (TPSA) is 78.9 Å². The molecule has 0 saturated heterocycles. The first-order chi connectivity index (χ1) is 17.0. The van der Waals surface area contributed by atoms with E-state index in [9.17, 15) is 4.79 Å². The van der Waals surface area contributed by atoms with Crippen LogP contribution in [0.25, 0.3) is 34.5 Å². The van der Waals surface area contributed by atoms with Crippen molar-refractivity contribution in [1.82, 2.24) is 14.6 Å². The molecule has 0 aliphatic rings. The van der Waals surface area contributed by atoms with Gasteiger partial charge in [0.1, 0.15) is 16.1 Å². The maximum absolute atomic E-state index is 12.8. The molecule has 176 valence electrons. The van der Waals surface area contributed by atoms with E-state index in [1.54, 1.807) is 31.4 Å². The molecule has 0 amide bonds. The molecular weight excluding hydrogens is 486 g/mol. The third-order valence-corrected chi connectivity index (χ3v) is 6.35. The van der Waals surface area contributed by atoms with Crippen LogP contribution in [0.4, 0.5) is 0 Å². The van der Waals surface area contributed by atoms with Crippen LogP contribution < -0.4 is 19.6 Å². The van der Waals surface area contributed by atoms with E-state index >= 15 is 0 Å². The van der Waals surface area contributed by atoms with Crippen molar-refractivity contribution < 1.29 is 13.9 Å². The number of aromatic nitrogens is 3. The zero-order valence-corrected chi connectivity index (χ0v) is 20.5. The molecule has 0 N–H and O–H groups in total. The van der Waals surface area contributed by atoms with E-state index in [4.69, 9.17) is 25.5 Å². The molecule has 0 spiro atoms. The number of thiazole rings is 1. The lowest BCUT2D eigenvalue weighted by molar-refractivity contribution is 0.311. The summed E-state index contributed by atoms with van der Waals surface area (Å²) in [4.78, 5) is 17.8. The number of nitrogens with zero attached hydrogens (tertiary/aromatic N) is 3. The summed E-state index contributed by atoms with van der Waals surface area (Å²) in [7, 11) is 1.60. The Hall–Kier alpha value is -3.88. The van der Waals surface area contributed by atoms with Gasteiger partial charge in [0, 0.05) is 16.7 Å². The Morgan fingerprint density at radius 1 is 1.09 bits per heavy atom. The van der Waals surface area contributed by atoms with E-state index in [0.29, 0.717) is 50.0 Å². The van der Waals surface area contributed by atoms with E-state index in [-0.39, 0.29) is 5.56 Å². The van der Waals surface area contributed by atoms with Crippen LogP contribution in [-0.2, 0) is 0 Å². The van der Waals surface area contributed by atoms with E-state index < -0.39 is 0 Å². The third-order valence-electron chi connectivity index (χ3n) is 5.14. The zero-order valence-electron chi connectivity index (χ0n) is 18.9. The summed E-state index contributed by atoms with van der Waals surface area (Å²) >= 11 is 7.20. The molecule has 0 fully saturated rings. The van der Waals surface area contributed by atoms with Crippen LogP contribution in [0.5, 0.6) is 11.5 Å². The number of fused-ring (bicyclic) bond motifs is 1. The summed E-state index contributed by atoms with van der Waals surface area (Å²) in [6.07, 6.45) is 5.31. The quantitative estimate of drug-likeness (QED) is 0.303. The number of halogens is 1. The highest BCUT2D eigenvalue weighted by Crippen LogP contribution is 2.29. The minimum absolute atomic E-state index is 0.246. The van der Waals surface area contributed by atoms with Crippen molar-refractivity contribution in [3.05, 3.63) is 91.7 Å². The fourth-order valence-corrected chi connectivity index (χ4v) is 4.50. The van der Waals surface area contributed by atoms with Crippen LogP contribution >= 0.6 is 22.9 Å². The Labute approximate surface area is 209 Å². The van der Waals surface area contributed by atoms with Crippen LogP contribution in [0.3, 0.4) is 0 Å². The van der Waals surface area contributed by atoms with Crippen molar-refractivity contribution in [1.29, 1.82) is 0 Å². The van der Waals surface area contributed by atoms with Crippen LogP contribution in [0.1, 0.15) is 24.1 Å². The molecule has 0 atom stereocenters. The molecule has 3 heterocycles. The largest absolute Gasteiger partial charge is 0.493 e. The summed E-state index contributed by atoms with van der Waals surface area (Å²) in [5.41, 5.74) is 1.55. The summed E-state index contributed by atoms with van der Waals surface area (Å²) in [6.45, 7) is 2.48. The molecule has 0 aliphatic carbocycles. The minimum Gasteiger partial charge on any atom is -0.493 e. The standard InChI is InChI=1S/C26H20ClN3O4S/c1-3-33-21-11-4-16(14-22(21)32-2)5-13-24-28-26-30(29-24)25(31)23(35-26)15-19-10-12-20(34-19)17-6-8-18(27)9-7-17/h4-15H,3H2,1-2H3/b13-5+,23-15-. The predicted molar refractivity (Wildman–Crippen MR) is 138 cm³/mol. The zero-order chi connectivity index (χ0) is 24.4. The van der Waals surface area contributed by atoms with Crippen molar-refractivity contribution in [3.63, 3.8) is 0 Å². The third kappa shape index (κ3) is 4.84. The van der Waals surface area contributed by atoms with Gasteiger partial charge in [-0.15, -0.1) is 5.10 Å². The number of benzene rings is 2. The van der Waals surface area contributed by atoms with Gasteiger partial charge in [-0.3, -0.25) is 4.79 Å². The maximum atomic E-state index is 12.8. The minimum atomic E-state index is -0.246. The summed E-state index contributed by atoms with van der Waals surface area (Å²) < 4.78 is 18.6. The Morgan fingerprint density at radius 3 is 2.66 bits per heavy atom. The lowest BCUT2D eigenvalue weighted by atomic mass is 10.2. The number of furan rings is 1. The van der Waals surface area contributed by atoms with Crippen molar-refractivity contribution in [2.45, 2.75) is 6.92 Å². The molecule has 5 aromatic rings. The molecule has 3 aromatic heterocycles. The first-order valence-corrected chi connectivity index (χ1v) is 12.0. The van der Waals surface area contributed by atoms with Crippen molar-refractivity contribution in [3.8, 4) is 22.8 Å². The van der Waals surface area contributed by atoms with Crippen LogP contribution in [0.2, 0.25) is 5.02 Å². The molecular formula is C26H20ClN3O4S. The van der Waals surface area contributed by atoms with Crippen molar-refractivity contribution >= 4 is 46.1 Å². The smallest absolute Gasteiger partial charge is 0.291 e. The number of ether oxygens (including phenoxy) is 2. The van der Waals surface area contributed by atoms with Gasteiger partial charge in [0.15, 0.2) is 17.3 Å². The normalized spacial score (nSPS) is 12.1. The average Bonchev–Trinajstić information content (AvgIpc) is 3.56. The summed E-state index contributed by atoms with van der Waals surface area (Å²) in [5.74, 6) is 3.03. The number of rotatable bonds is 7. The Bertz CT molecular complexity index is 1630. The fraction of sp³-hybridized carbons (Fsp3) is 0.115. The highest BCUT2D eigenvalue weighted by molar-refractivity contribution is 7.15. The Morgan fingerprint density at radius 2 is 1.91 bits per heavy atom. The van der Waals surface area contributed by atoms with E-state index in [2.05, 4.69) is 10.1 Å². The Kier molecular flexibility index (Phi) is 6.39. The molecule has 2 aromatic carbocycles. The van der Waals surface area contributed by atoms with Crippen LogP contribution in [-0.4, -0.2) is 28.3 Å². The molecule has 9 heteroatoms. The van der Waals surface area contributed by atoms with Gasteiger partial charge >= 0.3 is 0 Å². The van der Waals surface area contributed by atoms with E-state index in [1.165, 1.54) is 15.9 Å². The first kappa shape index (κ1) is 22.9. The van der Waals surface area contributed by atoms with Crippen LogP contribution in [0, 0.1) is 0 Å². The second kappa shape index (κ2) is 9.77. The highest BCUT2D eigenvalue weighted by Gasteiger charge is 2.11. The van der Waals surface area contributed by atoms with Gasteiger partial charge in [0.25, 0.3) is 5.56 Å². The number of hydrogen-bond donors (Lipinski definition) is 0. The first-order valence-electron chi connectivity index (χ1n) is 10.8. The number of methoxy groups -OCH3 is 1. The van der Waals surface area contributed by atoms with Gasteiger partial charge in [-0.2, -0.15) is 9.50 Å². The van der Waals surface area contributed by atoms with Crippen LogP contribution in [0.15, 0.2) is 63.8 Å². The fourth-order valence-electron chi connectivity index (χ4n) is 3.48. The summed E-state index contributed by atoms with van der Waals surface area (Å²) in [6, 6.07) is 16.7. The number of hydrogen-bond acceptors (Lipinski definition) is 7. The monoisotopic (exact) mass is 505 g/mol. The molecule has 0 unspecified atom stereocenters. The molecule has 0 saturated carbocycles. The second-order valence-electron chi connectivity index (χ2n) is 7.47. The molecule has 7 nitrogen and oxygen atoms in total. The highest BCUT2D eigenvalue weighted by atomic mass is 35.5. The Balaban J connectivity index is 1.38. The molecule has 0 radical (unpaired) electrons. The van der Waals surface area contributed by atoms with Crippen molar-refractivity contribution in [2.24, 2.45) is 0 Å². The van der Waals surface area contributed by atoms with Gasteiger partial charge in [0.2, 0.25) is 4.96 Å². The van der Waals surface area contributed by atoms with Gasteiger partial charge in [0.05, 0.1) is 13.7 Å². The SMILES string of the molecule is CCOc1ccc(/C=C/c2nc3s/c(=C\c4ccc(-c5ccc(Cl)cc5)o4)c(=O)n3n2)cc1OC. The van der Waals surface area contributed by atoms with E-state index in [0.717, 1.165) is 11.1 Å². The molecule has 0 aliphatic heterocycles. The van der Waals surface area contributed by atoms with Gasteiger partial charge in [-0.05, 0) is 67.1 Å². The lowest BCUT2D eigenvalue weighted by Gasteiger charge is -2.09.